The van der Waals surface area contributed by atoms with Crippen LogP contribution >= 0.6 is 0 Å². The molecular formula is C115H81F3N4O5S. The molecule has 13 heteroatoms. The molecule has 0 aliphatic heterocycles. The van der Waals surface area contributed by atoms with Crippen molar-refractivity contribution < 1.29 is 34.6 Å². The predicted molar refractivity (Wildman–Crippen MR) is 519 cm³/mol. The topological polar surface area (TPSA) is 94.8 Å². The lowest BCUT2D eigenvalue weighted by Gasteiger charge is -2.30. The Morgan fingerprint density at radius 1 is 0.328 bits per heavy atom. The molecule has 2 aliphatic carbocycles. The largest absolute Gasteiger partial charge is 0.534 e. The Morgan fingerprint density at radius 3 is 1.26 bits per heavy atom. The zero-order chi connectivity index (χ0) is 86.7. The van der Waals surface area contributed by atoms with Crippen molar-refractivity contribution in [3.05, 3.63) is 435 Å². The average molecular weight is 1690 g/mol. The van der Waals surface area contributed by atoms with Gasteiger partial charge >= 0.3 is 15.6 Å². The van der Waals surface area contributed by atoms with Crippen LogP contribution in [-0.4, -0.2) is 23.1 Å². The molecule has 4 heterocycles. The van der Waals surface area contributed by atoms with Gasteiger partial charge in [-0.3, -0.25) is 0 Å². The van der Waals surface area contributed by atoms with E-state index in [1.54, 1.807) is 24.3 Å². The predicted octanol–water partition coefficient (Wildman–Crippen LogP) is 31.8. The minimum absolute atomic E-state index is 0.0286. The van der Waals surface area contributed by atoms with Gasteiger partial charge in [-0.25, -0.2) is 0 Å². The van der Waals surface area contributed by atoms with Crippen molar-refractivity contribution >= 4 is 126 Å². The summed E-state index contributed by atoms with van der Waals surface area (Å²) < 4.78 is 85.5. The van der Waals surface area contributed by atoms with Gasteiger partial charge < -0.3 is 32.4 Å². The monoisotopic (exact) mass is 1690 g/mol. The number of rotatable bonds is 13. The van der Waals surface area contributed by atoms with Crippen molar-refractivity contribution in [1.82, 2.24) is 9.13 Å². The van der Waals surface area contributed by atoms with Gasteiger partial charge in [0.15, 0.2) is 5.75 Å². The molecule has 0 unspecified atom stereocenters. The first-order valence-corrected chi connectivity index (χ1v) is 44.2. The van der Waals surface area contributed by atoms with Crippen LogP contribution in [0.3, 0.4) is 0 Å². The number of furan rings is 2. The van der Waals surface area contributed by atoms with E-state index in [2.05, 4.69) is 355 Å². The summed E-state index contributed by atoms with van der Waals surface area (Å²) in [7, 11) is -5.89. The van der Waals surface area contributed by atoms with Gasteiger partial charge in [-0.15, -0.1) is 0 Å². The first-order valence-electron chi connectivity index (χ1n) is 42.8. The third-order valence-electron chi connectivity index (χ3n) is 25.6. The Bertz CT molecular complexity index is 8240. The lowest BCUT2D eigenvalue weighted by molar-refractivity contribution is -0.0499. The molecule has 4 aromatic heterocycles. The first kappa shape index (κ1) is 78.3. The fraction of sp³-hybridized carbons (Fsp3) is 0.0609. The second-order valence-electron chi connectivity index (χ2n) is 33.8. The summed E-state index contributed by atoms with van der Waals surface area (Å²) in [6.07, 6.45) is 0. The van der Waals surface area contributed by atoms with Crippen LogP contribution in [0.15, 0.2) is 421 Å². The quantitative estimate of drug-likeness (QED) is 0.0908. The van der Waals surface area contributed by atoms with Crippen LogP contribution in [0.1, 0.15) is 49.9 Å². The van der Waals surface area contributed by atoms with Gasteiger partial charge in [0.2, 0.25) is 0 Å². The van der Waals surface area contributed by atoms with Crippen LogP contribution in [0.4, 0.5) is 41.6 Å². The SMILES string of the molecule is CC1(C)c2ccccc2-c2c(N(c3ccc(-c4ccccc4)cc3)c3ccc(-c4ccc5c(c4)c4ccccc4n5-c4ccccc4)c4oc5ccccc5c34)cccc21.CC1(C)c2ccccc2-c2c(Nc3ccc(-c4ccccc4)cc3)cccc21.O=S(=O)(Oc1ccc(-c2ccc3c(c2)c2ccccc2n3-c2ccccc2)c2oc3ccccc3c12)C(F)(F)F. The molecule has 2 aliphatic rings. The van der Waals surface area contributed by atoms with E-state index in [0.29, 0.717) is 16.5 Å². The molecule has 128 heavy (non-hydrogen) atoms. The highest BCUT2D eigenvalue weighted by Gasteiger charge is 2.49. The Balaban J connectivity index is 0.000000122. The highest BCUT2D eigenvalue weighted by Crippen LogP contribution is 2.57. The van der Waals surface area contributed by atoms with Crippen molar-refractivity contribution in [2.45, 2.75) is 44.0 Å². The van der Waals surface area contributed by atoms with Crippen molar-refractivity contribution in [3.63, 3.8) is 0 Å². The van der Waals surface area contributed by atoms with Crippen LogP contribution in [-0.2, 0) is 20.9 Å². The summed E-state index contributed by atoms with van der Waals surface area (Å²) in [4.78, 5) is 2.47. The van der Waals surface area contributed by atoms with E-state index < -0.39 is 21.4 Å². The van der Waals surface area contributed by atoms with Crippen LogP contribution in [0.2, 0.25) is 0 Å². The molecule has 0 saturated carbocycles. The smallest absolute Gasteiger partial charge is 0.455 e. The lowest BCUT2D eigenvalue weighted by atomic mass is 9.82. The lowest BCUT2D eigenvalue weighted by Crippen LogP contribution is -2.28. The zero-order valence-electron chi connectivity index (χ0n) is 70.2. The molecule has 0 radical (unpaired) electrons. The van der Waals surface area contributed by atoms with E-state index in [-0.39, 0.29) is 21.8 Å². The van der Waals surface area contributed by atoms with Crippen molar-refractivity contribution in [1.29, 1.82) is 0 Å². The molecule has 0 atom stereocenters. The minimum atomic E-state index is -5.89. The number of para-hydroxylation sites is 6. The second kappa shape index (κ2) is 30.9. The molecule has 22 aromatic rings. The summed E-state index contributed by atoms with van der Waals surface area (Å²) >= 11 is 0. The number of nitrogens with zero attached hydrogens (tertiary/aromatic N) is 3. The number of halogens is 3. The van der Waals surface area contributed by atoms with Crippen LogP contribution in [0, 0.1) is 0 Å². The van der Waals surface area contributed by atoms with Gasteiger partial charge in [0, 0.05) is 93.8 Å². The molecule has 618 valence electrons. The van der Waals surface area contributed by atoms with Crippen LogP contribution in [0.25, 0.3) is 166 Å². The maximum Gasteiger partial charge on any atom is 0.534 e. The molecule has 9 nitrogen and oxygen atoms in total. The minimum Gasteiger partial charge on any atom is -0.455 e. The second-order valence-corrected chi connectivity index (χ2v) is 35.3. The Labute approximate surface area is 737 Å². The standard InChI is InChI=1S/C57H40N2O.C31H18F3NO4S.C27H23N/c1-57(2)47-23-12-9-21-44(47)54-48(57)24-15-26-51(54)59(41-31-28-38(29-32-41)37-16-5-3-6-17-37)52-35-33-42(56-55(52)45-22-11-14-27-53(45)60-56)39-30-34-50-46(36-39)43-20-10-13-25-49(43)58(50)40-18-7-4-8-19-40;32-31(33,34)40(36,37)39-28-17-15-21(30-29(28)23-11-5-7-13-27(23)38-30)19-14-16-26-24(18-19)22-10-4-6-12-25(22)35(26)20-8-2-1-3-9-20;1-27(2)23-12-7-6-11-22(23)26-24(27)13-8-14-25(26)28-21-17-15-20(16-18-21)19-9-4-3-5-10-19/h3-36H,1-2H3;1-18H;3-18,28H,1-2H3. The van der Waals surface area contributed by atoms with Crippen molar-refractivity contribution in [2.24, 2.45) is 0 Å². The third-order valence-corrected chi connectivity index (χ3v) is 26.6. The van der Waals surface area contributed by atoms with Gasteiger partial charge in [0.05, 0.1) is 44.2 Å². The number of alkyl halides is 3. The molecule has 24 rings (SSSR count). The number of hydrogen-bond acceptors (Lipinski definition) is 7. The van der Waals surface area contributed by atoms with E-state index in [1.807, 2.05) is 72.8 Å². The van der Waals surface area contributed by atoms with E-state index in [4.69, 9.17) is 8.83 Å². The average Bonchev–Trinajstić information content (AvgIpc) is 1.55. The van der Waals surface area contributed by atoms with Gasteiger partial charge in [0.25, 0.3) is 0 Å². The molecule has 18 aromatic carbocycles. The molecule has 1 N–H and O–H groups in total. The van der Waals surface area contributed by atoms with E-state index in [1.165, 1.54) is 106 Å². The van der Waals surface area contributed by atoms with E-state index >= 15 is 0 Å². The fourth-order valence-electron chi connectivity index (χ4n) is 19.6. The van der Waals surface area contributed by atoms with Crippen molar-refractivity contribution in [3.8, 4) is 83.9 Å². The van der Waals surface area contributed by atoms with Gasteiger partial charge in [-0.2, -0.15) is 21.6 Å². The highest BCUT2D eigenvalue weighted by atomic mass is 32.2. The molecule has 0 bridgehead atoms. The number of benzene rings is 18. The maximum absolute atomic E-state index is 13.2. The number of aromatic nitrogens is 2. The summed E-state index contributed by atoms with van der Waals surface area (Å²) in [6.45, 7) is 9.34. The summed E-state index contributed by atoms with van der Waals surface area (Å²) in [5.41, 5.74) is 27.8. The Morgan fingerprint density at radius 2 is 0.727 bits per heavy atom. The number of hydrogen-bond donors (Lipinski definition) is 1. The van der Waals surface area contributed by atoms with Crippen molar-refractivity contribution in [2.75, 3.05) is 10.2 Å². The number of nitrogens with one attached hydrogen (secondary N) is 1. The summed E-state index contributed by atoms with van der Waals surface area (Å²) in [6, 6.07) is 143. The molecule has 0 spiro atoms. The van der Waals surface area contributed by atoms with E-state index in [0.717, 1.165) is 94.6 Å². The highest BCUT2D eigenvalue weighted by molar-refractivity contribution is 7.88. The summed E-state index contributed by atoms with van der Waals surface area (Å²) in [5.74, 6) is -0.456. The van der Waals surface area contributed by atoms with Gasteiger partial charge in [-0.05, 0) is 200 Å². The summed E-state index contributed by atoms with van der Waals surface area (Å²) in [5, 5.41) is 10.9. The van der Waals surface area contributed by atoms with Crippen LogP contribution in [0.5, 0.6) is 5.75 Å². The normalized spacial score (nSPS) is 13.0. The Hall–Kier alpha value is -15.7. The van der Waals surface area contributed by atoms with Gasteiger partial charge in [0.1, 0.15) is 22.3 Å². The van der Waals surface area contributed by atoms with Gasteiger partial charge in [-0.1, -0.05) is 307 Å². The number of fused-ring (bicyclic) bond motifs is 18. The Kier molecular flexibility index (Phi) is 18.9. The maximum atomic E-state index is 13.2. The molecule has 0 amide bonds. The zero-order valence-corrected chi connectivity index (χ0v) is 71.0. The molecular weight excluding hydrogens is 1610 g/mol. The first-order chi connectivity index (χ1) is 62.4. The molecule has 0 fully saturated rings. The van der Waals surface area contributed by atoms with Crippen LogP contribution < -0.4 is 14.4 Å². The van der Waals surface area contributed by atoms with E-state index in [9.17, 15) is 21.6 Å². The number of anilines is 5. The molecule has 0 saturated heterocycles. The fourth-order valence-corrected chi connectivity index (χ4v) is 20.1. The third kappa shape index (κ3) is 13.2.